The van der Waals surface area contributed by atoms with E-state index in [0.717, 1.165) is 49.4 Å². The lowest BCUT2D eigenvalue weighted by atomic mass is 9.69. The number of hydrogen-bond acceptors (Lipinski definition) is 5. The van der Waals surface area contributed by atoms with Crippen molar-refractivity contribution in [3.8, 4) is 0 Å². The maximum Gasteiger partial charge on any atom is 0.144 e. The summed E-state index contributed by atoms with van der Waals surface area (Å²) in [5.74, 6) is 1.16. The van der Waals surface area contributed by atoms with Gasteiger partial charge in [-0.2, -0.15) is 0 Å². The standard InChI is InChI=1S/C36H45N5O/c1-3-36(42,29-15-20-37-21-16-29)39-22-17-35(18-23-39,28-9-5-4-6-10-28)19-24-40-30-13-14-31(40)26-32(25-30)41-27(2)38-33-11-7-8-12-34(33)41/h4-12,15-16,20-21,30-32,42H,3,13-14,17-19,22-26H2,1-2H3. The first-order valence-electron chi connectivity index (χ1n) is 16.1. The Morgan fingerprint density at radius 3 is 2.24 bits per heavy atom. The van der Waals surface area contributed by atoms with Gasteiger partial charge in [0, 0.05) is 49.2 Å². The molecular weight excluding hydrogens is 518 g/mol. The van der Waals surface area contributed by atoms with E-state index in [2.05, 4.69) is 87.8 Å². The molecule has 2 aromatic carbocycles. The first kappa shape index (κ1) is 27.8. The molecule has 2 aromatic heterocycles. The molecule has 0 spiro atoms. The zero-order valence-corrected chi connectivity index (χ0v) is 25.2. The first-order chi connectivity index (χ1) is 20.5. The van der Waals surface area contributed by atoms with Gasteiger partial charge in [0.15, 0.2) is 0 Å². The molecule has 3 aliphatic rings. The van der Waals surface area contributed by atoms with Crippen LogP contribution in [0.3, 0.4) is 0 Å². The zero-order chi connectivity index (χ0) is 28.7. The Hall–Kier alpha value is -3.06. The molecule has 0 radical (unpaired) electrons. The van der Waals surface area contributed by atoms with E-state index in [-0.39, 0.29) is 5.41 Å². The van der Waals surface area contributed by atoms with E-state index in [9.17, 15) is 5.11 Å². The number of fused-ring (bicyclic) bond motifs is 3. The van der Waals surface area contributed by atoms with Gasteiger partial charge in [-0.1, -0.05) is 49.4 Å². The fraction of sp³-hybridized carbons (Fsp3) is 0.500. The number of piperidine rings is 2. The number of hydrogen-bond donors (Lipinski definition) is 1. The predicted molar refractivity (Wildman–Crippen MR) is 168 cm³/mol. The van der Waals surface area contributed by atoms with Gasteiger partial charge in [-0.3, -0.25) is 14.8 Å². The summed E-state index contributed by atoms with van der Waals surface area (Å²) in [5, 5.41) is 11.8. The average Bonchev–Trinajstić information content (AvgIpc) is 3.50. The SMILES string of the molecule is CCC(O)(c1ccncc1)N1CCC(CCN2C3CCC2CC(n2c(C)nc4ccccc42)C3)(c2ccccc2)CC1. The molecular formula is C36H45N5O. The van der Waals surface area contributed by atoms with Crippen LogP contribution in [0.15, 0.2) is 79.1 Å². The summed E-state index contributed by atoms with van der Waals surface area (Å²) in [6, 6.07) is 25.7. The second-order valence-electron chi connectivity index (χ2n) is 13.1. The molecule has 0 amide bonds. The highest BCUT2D eigenvalue weighted by molar-refractivity contribution is 5.76. The lowest BCUT2D eigenvalue weighted by molar-refractivity contribution is -0.134. The van der Waals surface area contributed by atoms with Crippen LogP contribution < -0.4 is 0 Å². The Balaban J connectivity index is 1.08. The largest absolute Gasteiger partial charge is 0.371 e. The van der Waals surface area contributed by atoms with E-state index in [1.54, 1.807) is 12.4 Å². The van der Waals surface area contributed by atoms with Gasteiger partial charge in [0.1, 0.15) is 11.5 Å². The zero-order valence-electron chi connectivity index (χ0n) is 25.2. The van der Waals surface area contributed by atoms with E-state index in [1.165, 1.54) is 43.2 Å². The van der Waals surface area contributed by atoms with Crippen molar-refractivity contribution in [2.45, 2.75) is 94.5 Å². The van der Waals surface area contributed by atoms with Crippen molar-refractivity contribution >= 4 is 11.0 Å². The lowest BCUT2D eigenvalue weighted by Gasteiger charge is -2.49. The molecule has 0 saturated carbocycles. The monoisotopic (exact) mass is 563 g/mol. The summed E-state index contributed by atoms with van der Waals surface area (Å²) in [6.07, 6.45) is 12.6. The smallest absolute Gasteiger partial charge is 0.144 e. The number of nitrogens with zero attached hydrogens (tertiary/aromatic N) is 5. The quantitative estimate of drug-likeness (QED) is 0.262. The van der Waals surface area contributed by atoms with Crippen molar-refractivity contribution < 1.29 is 5.11 Å². The van der Waals surface area contributed by atoms with Crippen LogP contribution in [-0.2, 0) is 11.1 Å². The second-order valence-corrected chi connectivity index (χ2v) is 13.1. The number of aryl methyl sites for hydroxylation is 1. The van der Waals surface area contributed by atoms with Crippen LogP contribution in [0.1, 0.15) is 81.3 Å². The van der Waals surface area contributed by atoms with Crippen LogP contribution in [0.25, 0.3) is 11.0 Å². The normalized spacial score (nSPS) is 25.9. The van der Waals surface area contributed by atoms with Gasteiger partial charge in [-0.05, 0) is 100 Å². The number of benzene rings is 2. The van der Waals surface area contributed by atoms with Gasteiger partial charge >= 0.3 is 0 Å². The third-order valence-electron chi connectivity index (χ3n) is 11.1. The van der Waals surface area contributed by atoms with Gasteiger partial charge in [-0.15, -0.1) is 0 Å². The Bertz CT molecular complexity index is 1480. The molecule has 1 N–H and O–H groups in total. The van der Waals surface area contributed by atoms with Crippen molar-refractivity contribution in [2.75, 3.05) is 19.6 Å². The number of aliphatic hydroxyl groups is 1. The molecule has 42 heavy (non-hydrogen) atoms. The molecule has 3 atom stereocenters. The Morgan fingerprint density at radius 2 is 1.55 bits per heavy atom. The highest BCUT2D eigenvalue weighted by Gasteiger charge is 2.46. The van der Waals surface area contributed by atoms with Crippen molar-refractivity contribution in [1.29, 1.82) is 0 Å². The van der Waals surface area contributed by atoms with E-state index < -0.39 is 5.72 Å². The minimum Gasteiger partial charge on any atom is -0.371 e. The summed E-state index contributed by atoms with van der Waals surface area (Å²) >= 11 is 0. The average molecular weight is 564 g/mol. The molecule has 5 heterocycles. The van der Waals surface area contributed by atoms with Crippen LogP contribution in [0.5, 0.6) is 0 Å². The van der Waals surface area contributed by atoms with E-state index in [4.69, 9.17) is 4.98 Å². The van der Waals surface area contributed by atoms with Gasteiger partial charge < -0.3 is 9.67 Å². The molecule has 3 fully saturated rings. The maximum atomic E-state index is 11.8. The Morgan fingerprint density at radius 1 is 0.881 bits per heavy atom. The molecule has 3 unspecified atom stereocenters. The molecule has 3 saturated heterocycles. The third-order valence-corrected chi connectivity index (χ3v) is 11.1. The lowest BCUT2D eigenvalue weighted by Crippen LogP contribution is -2.53. The summed E-state index contributed by atoms with van der Waals surface area (Å²) in [5.41, 5.74) is 4.03. The van der Waals surface area contributed by atoms with Crippen LogP contribution >= 0.6 is 0 Å². The molecule has 220 valence electrons. The van der Waals surface area contributed by atoms with E-state index >= 15 is 0 Å². The number of para-hydroxylation sites is 2. The fourth-order valence-electron chi connectivity index (χ4n) is 8.80. The summed E-state index contributed by atoms with van der Waals surface area (Å²) < 4.78 is 2.54. The minimum absolute atomic E-state index is 0.137. The van der Waals surface area contributed by atoms with Gasteiger partial charge in [0.05, 0.1) is 11.0 Å². The van der Waals surface area contributed by atoms with Gasteiger partial charge in [0.25, 0.3) is 0 Å². The van der Waals surface area contributed by atoms with Crippen LogP contribution in [0.4, 0.5) is 0 Å². The minimum atomic E-state index is -0.942. The molecule has 2 bridgehead atoms. The Kier molecular flexibility index (Phi) is 7.41. The van der Waals surface area contributed by atoms with Crippen molar-refractivity contribution in [3.05, 3.63) is 96.1 Å². The Labute approximate surface area is 250 Å². The fourth-order valence-corrected chi connectivity index (χ4v) is 8.80. The van der Waals surface area contributed by atoms with Crippen LogP contribution in [0.2, 0.25) is 0 Å². The summed E-state index contributed by atoms with van der Waals surface area (Å²) in [4.78, 5) is 14.3. The van der Waals surface area contributed by atoms with Crippen molar-refractivity contribution in [2.24, 2.45) is 0 Å². The summed E-state index contributed by atoms with van der Waals surface area (Å²) in [6.45, 7) is 7.21. The van der Waals surface area contributed by atoms with Crippen LogP contribution in [0, 0.1) is 6.92 Å². The van der Waals surface area contributed by atoms with E-state index in [0.29, 0.717) is 24.5 Å². The third kappa shape index (κ3) is 4.78. The van der Waals surface area contributed by atoms with Crippen molar-refractivity contribution in [1.82, 2.24) is 24.3 Å². The van der Waals surface area contributed by atoms with Crippen molar-refractivity contribution in [3.63, 3.8) is 0 Å². The molecule has 4 aromatic rings. The maximum absolute atomic E-state index is 11.8. The molecule has 7 rings (SSSR count). The predicted octanol–water partition coefficient (Wildman–Crippen LogP) is 6.59. The van der Waals surface area contributed by atoms with E-state index in [1.807, 2.05) is 12.1 Å². The number of imidazole rings is 1. The summed E-state index contributed by atoms with van der Waals surface area (Å²) in [7, 11) is 0. The molecule has 3 aliphatic heterocycles. The van der Waals surface area contributed by atoms with Gasteiger partial charge in [-0.25, -0.2) is 4.98 Å². The van der Waals surface area contributed by atoms with Crippen LogP contribution in [-0.4, -0.2) is 61.2 Å². The first-order valence-corrected chi connectivity index (χ1v) is 16.1. The highest BCUT2D eigenvalue weighted by Crippen LogP contribution is 2.46. The number of rotatable bonds is 8. The second kappa shape index (κ2) is 11.2. The van der Waals surface area contributed by atoms with Gasteiger partial charge in [0.2, 0.25) is 0 Å². The molecule has 6 heteroatoms. The molecule has 0 aliphatic carbocycles. The number of pyridine rings is 1. The number of aromatic nitrogens is 3. The molecule has 6 nitrogen and oxygen atoms in total. The highest BCUT2D eigenvalue weighted by atomic mass is 16.3. The number of likely N-dealkylation sites (tertiary alicyclic amines) is 1. The topological polar surface area (TPSA) is 57.4 Å².